The summed E-state index contributed by atoms with van der Waals surface area (Å²) in [5.74, 6) is 0.535. The number of hydrogen-bond donors (Lipinski definition) is 1. The summed E-state index contributed by atoms with van der Waals surface area (Å²) in [6, 6.07) is 7.31. The van der Waals surface area contributed by atoms with Gasteiger partial charge >= 0.3 is 0 Å². The van der Waals surface area contributed by atoms with Crippen LogP contribution in [0.3, 0.4) is 0 Å². The monoisotopic (exact) mass is 279 g/mol. The molecule has 1 aromatic rings. The van der Waals surface area contributed by atoms with E-state index in [1.54, 1.807) is 30.5 Å². The quantitative estimate of drug-likeness (QED) is 0.924. The number of carbonyl (C=O) groups is 1. The van der Waals surface area contributed by atoms with Gasteiger partial charge in [-0.3, -0.25) is 9.00 Å². The molecular weight excluding hydrogens is 258 g/mol. The van der Waals surface area contributed by atoms with E-state index in [1.807, 2.05) is 0 Å². The van der Waals surface area contributed by atoms with E-state index >= 15 is 0 Å². The first-order valence-electron chi connectivity index (χ1n) is 6.82. The highest BCUT2D eigenvalue weighted by Crippen LogP contribution is 2.24. The Morgan fingerprint density at radius 2 is 1.84 bits per heavy atom. The molecule has 0 bridgehead atoms. The lowest BCUT2D eigenvalue weighted by Crippen LogP contribution is -2.41. The number of hydrogen-bond acceptors (Lipinski definition) is 2. The van der Waals surface area contributed by atoms with E-state index in [4.69, 9.17) is 0 Å². The third-order valence-electron chi connectivity index (χ3n) is 3.88. The Morgan fingerprint density at radius 1 is 1.21 bits per heavy atom. The predicted molar refractivity (Wildman–Crippen MR) is 77.7 cm³/mol. The van der Waals surface area contributed by atoms with Gasteiger partial charge in [0.2, 0.25) is 0 Å². The molecule has 1 aliphatic carbocycles. The van der Waals surface area contributed by atoms with Crippen LogP contribution in [-0.4, -0.2) is 22.4 Å². The van der Waals surface area contributed by atoms with Gasteiger partial charge in [-0.2, -0.15) is 0 Å². The van der Waals surface area contributed by atoms with Crippen LogP contribution in [0.5, 0.6) is 0 Å². The summed E-state index contributed by atoms with van der Waals surface area (Å²) in [6.45, 7) is 2.20. The predicted octanol–water partition coefficient (Wildman–Crippen LogP) is 2.73. The van der Waals surface area contributed by atoms with Crippen LogP contribution in [0, 0.1) is 5.92 Å². The Bertz CT molecular complexity index is 470. The minimum absolute atomic E-state index is 0.0211. The van der Waals surface area contributed by atoms with E-state index < -0.39 is 10.8 Å². The molecule has 2 rings (SSSR count). The van der Waals surface area contributed by atoms with Crippen molar-refractivity contribution in [1.29, 1.82) is 0 Å². The highest BCUT2D eigenvalue weighted by Gasteiger charge is 2.23. The second-order valence-electron chi connectivity index (χ2n) is 5.32. The first kappa shape index (κ1) is 14.3. The first-order chi connectivity index (χ1) is 9.08. The molecule has 4 heteroatoms. The molecule has 0 aromatic heterocycles. The number of benzene rings is 1. The fourth-order valence-electron chi connectivity index (χ4n) is 2.58. The zero-order valence-electron chi connectivity index (χ0n) is 11.5. The molecule has 1 aliphatic rings. The molecule has 0 heterocycles. The van der Waals surface area contributed by atoms with Crippen molar-refractivity contribution < 1.29 is 9.00 Å². The van der Waals surface area contributed by atoms with Crippen LogP contribution in [0.25, 0.3) is 0 Å². The Kier molecular flexibility index (Phi) is 4.75. The number of rotatable bonds is 3. The summed E-state index contributed by atoms with van der Waals surface area (Å²) in [4.78, 5) is 12.9. The van der Waals surface area contributed by atoms with Crippen LogP contribution >= 0.6 is 0 Å². The molecule has 104 valence electrons. The fraction of sp³-hybridized carbons (Fsp3) is 0.533. The standard InChI is InChI=1S/C15H21NO2S/c1-11-5-3-4-6-14(11)16-15(17)12-7-9-13(10-8-12)19(2)18/h7-11,14H,3-6H2,1-2H3,(H,16,17). The summed E-state index contributed by atoms with van der Waals surface area (Å²) >= 11 is 0. The summed E-state index contributed by atoms with van der Waals surface area (Å²) in [5, 5.41) is 3.12. The highest BCUT2D eigenvalue weighted by molar-refractivity contribution is 7.84. The Labute approximate surface area is 117 Å². The van der Waals surface area contributed by atoms with Gasteiger partial charge in [-0.25, -0.2) is 0 Å². The molecule has 1 fully saturated rings. The highest BCUT2D eigenvalue weighted by atomic mass is 32.2. The zero-order valence-corrected chi connectivity index (χ0v) is 12.3. The molecule has 3 atom stereocenters. The van der Waals surface area contributed by atoms with Crippen LogP contribution in [0.1, 0.15) is 43.0 Å². The van der Waals surface area contributed by atoms with E-state index in [-0.39, 0.29) is 5.91 Å². The molecule has 3 unspecified atom stereocenters. The van der Waals surface area contributed by atoms with E-state index in [0.717, 1.165) is 11.3 Å². The number of amides is 1. The maximum atomic E-state index is 12.2. The minimum atomic E-state index is -0.994. The first-order valence-corrected chi connectivity index (χ1v) is 8.38. The largest absolute Gasteiger partial charge is 0.349 e. The van der Waals surface area contributed by atoms with Gasteiger partial charge in [0.1, 0.15) is 0 Å². The molecule has 19 heavy (non-hydrogen) atoms. The van der Waals surface area contributed by atoms with E-state index in [0.29, 0.717) is 17.5 Å². The van der Waals surface area contributed by atoms with Crippen LogP contribution in [0.4, 0.5) is 0 Å². The summed E-state index contributed by atoms with van der Waals surface area (Å²) in [7, 11) is -0.994. The van der Waals surface area contributed by atoms with Crippen molar-refractivity contribution in [2.24, 2.45) is 5.92 Å². The number of carbonyl (C=O) groups excluding carboxylic acids is 1. The van der Waals surface area contributed by atoms with Crippen molar-refractivity contribution in [2.75, 3.05) is 6.26 Å². The van der Waals surface area contributed by atoms with Crippen LogP contribution in [-0.2, 0) is 10.8 Å². The third-order valence-corrected chi connectivity index (χ3v) is 4.81. The maximum Gasteiger partial charge on any atom is 0.251 e. The molecule has 1 saturated carbocycles. The van der Waals surface area contributed by atoms with Crippen molar-refractivity contribution in [3.05, 3.63) is 29.8 Å². The zero-order chi connectivity index (χ0) is 13.8. The van der Waals surface area contributed by atoms with E-state index in [2.05, 4.69) is 12.2 Å². The van der Waals surface area contributed by atoms with Crippen LogP contribution in [0.15, 0.2) is 29.2 Å². The van der Waals surface area contributed by atoms with Gasteiger partial charge in [0.15, 0.2) is 0 Å². The van der Waals surface area contributed by atoms with Gasteiger partial charge < -0.3 is 5.32 Å². The lowest BCUT2D eigenvalue weighted by Gasteiger charge is -2.29. The Morgan fingerprint density at radius 3 is 2.42 bits per heavy atom. The second kappa shape index (κ2) is 6.33. The van der Waals surface area contributed by atoms with Crippen molar-refractivity contribution in [3.63, 3.8) is 0 Å². The average molecular weight is 279 g/mol. The Hall–Kier alpha value is -1.16. The van der Waals surface area contributed by atoms with E-state index in [9.17, 15) is 9.00 Å². The number of nitrogens with one attached hydrogen (secondary N) is 1. The fourth-order valence-corrected chi connectivity index (χ4v) is 3.10. The third kappa shape index (κ3) is 3.66. The summed E-state index contributed by atoms with van der Waals surface area (Å²) < 4.78 is 11.3. The molecule has 0 spiro atoms. The second-order valence-corrected chi connectivity index (χ2v) is 6.70. The van der Waals surface area contributed by atoms with Crippen molar-refractivity contribution in [2.45, 2.75) is 43.5 Å². The lowest BCUT2D eigenvalue weighted by molar-refractivity contribution is 0.0910. The van der Waals surface area contributed by atoms with Crippen molar-refractivity contribution >= 4 is 16.7 Å². The van der Waals surface area contributed by atoms with Gasteiger partial charge in [0.05, 0.1) is 0 Å². The average Bonchev–Trinajstić information content (AvgIpc) is 2.41. The summed E-state index contributed by atoms with van der Waals surface area (Å²) in [5.41, 5.74) is 0.645. The van der Waals surface area contributed by atoms with Crippen molar-refractivity contribution in [1.82, 2.24) is 5.32 Å². The molecule has 1 N–H and O–H groups in total. The molecule has 0 saturated heterocycles. The molecule has 1 amide bonds. The van der Waals surface area contributed by atoms with Crippen molar-refractivity contribution in [3.8, 4) is 0 Å². The van der Waals surface area contributed by atoms with Crippen LogP contribution in [0.2, 0.25) is 0 Å². The van der Waals surface area contributed by atoms with Gasteiger partial charge in [-0.05, 0) is 43.0 Å². The molecule has 1 aromatic carbocycles. The van der Waals surface area contributed by atoms with Crippen LogP contribution < -0.4 is 5.32 Å². The van der Waals surface area contributed by atoms with Gasteiger partial charge in [0, 0.05) is 33.6 Å². The van der Waals surface area contributed by atoms with E-state index in [1.165, 1.54) is 19.3 Å². The van der Waals surface area contributed by atoms with Gasteiger partial charge in [-0.1, -0.05) is 19.8 Å². The SMILES string of the molecule is CC1CCCCC1NC(=O)c1ccc(S(C)=O)cc1. The molecule has 0 aliphatic heterocycles. The maximum absolute atomic E-state index is 12.2. The smallest absolute Gasteiger partial charge is 0.251 e. The topological polar surface area (TPSA) is 46.2 Å². The Balaban J connectivity index is 2.01. The lowest BCUT2D eigenvalue weighted by atomic mass is 9.86. The van der Waals surface area contributed by atoms with Gasteiger partial charge in [-0.15, -0.1) is 0 Å². The molecular formula is C15H21NO2S. The summed E-state index contributed by atoms with van der Waals surface area (Å²) in [6.07, 6.45) is 6.37. The normalized spacial score (nSPS) is 24.7. The molecule has 0 radical (unpaired) electrons. The van der Waals surface area contributed by atoms with Gasteiger partial charge in [0.25, 0.3) is 5.91 Å². The minimum Gasteiger partial charge on any atom is -0.349 e. The molecule has 3 nitrogen and oxygen atoms in total.